The molecule has 4 aromatic rings. The average molecular weight is 404 g/mol. The Hall–Kier alpha value is -3.19. The molecule has 6 nitrogen and oxygen atoms in total. The lowest BCUT2D eigenvalue weighted by molar-refractivity contribution is 0.206. The molecule has 7 heteroatoms. The summed E-state index contributed by atoms with van der Waals surface area (Å²) in [4.78, 5) is 21.3. The fourth-order valence-electron chi connectivity index (χ4n) is 3.60. The lowest BCUT2D eigenvalue weighted by Crippen LogP contribution is -2.38. The first kappa shape index (κ1) is 17.9. The van der Waals surface area contributed by atoms with Gasteiger partial charge in [0.2, 0.25) is 4.96 Å². The molecule has 0 saturated heterocycles. The van der Waals surface area contributed by atoms with Crippen LogP contribution in [0.4, 0.5) is 10.5 Å². The second-order valence-corrected chi connectivity index (χ2v) is 8.18. The normalized spacial score (nSPS) is 13.5. The largest absolute Gasteiger partial charge is 0.322 e. The summed E-state index contributed by atoms with van der Waals surface area (Å²) in [5, 5.41) is 7.71. The molecule has 2 aromatic carbocycles. The van der Waals surface area contributed by atoms with Gasteiger partial charge in [-0.25, -0.2) is 9.31 Å². The summed E-state index contributed by atoms with van der Waals surface area (Å²) in [7, 11) is 0. The van der Waals surface area contributed by atoms with Gasteiger partial charge in [-0.3, -0.25) is 0 Å². The highest BCUT2D eigenvalue weighted by Gasteiger charge is 2.26. The van der Waals surface area contributed by atoms with E-state index in [9.17, 15) is 4.79 Å². The molecule has 0 fully saturated rings. The van der Waals surface area contributed by atoms with Crippen molar-refractivity contribution in [3.63, 3.8) is 0 Å². The van der Waals surface area contributed by atoms with E-state index in [0.717, 1.165) is 45.4 Å². The van der Waals surface area contributed by atoms with Crippen molar-refractivity contribution < 1.29 is 4.79 Å². The summed E-state index contributed by atoms with van der Waals surface area (Å²) in [6, 6.07) is 18.0. The molecule has 29 heavy (non-hydrogen) atoms. The van der Waals surface area contributed by atoms with Crippen LogP contribution in [0, 0.1) is 0 Å². The number of aromatic nitrogens is 3. The van der Waals surface area contributed by atoms with Crippen molar-refractivity contribution in [2.75, 3.05) is 11.9 Å². The third-order valence-electron chi connectivity index (χ3n) is 5.26. The molecule has 0 saturated carbocycles. The number of hydrogen-bond acceptors (Lipinski definition) is 4. The Bertz CT molecular complexity index is 1160. The predicted molar refractivity (Wildman–Crippen MR) is 115 cm³/mol. The van der Waals surface area contributed by atoms with E-state index in [4.69, 9.17) is 10.1 Å². The first-order chi connectivity index (χ1) is 14.2. The molecular weight excluding hydrogens is 382 g/mol. The summed E-state index contributed by atoms with van der Waals surface area (Å²) in [6.45, 7) is 3.37. The van der Waals surface area contributed by atoms with Crippen molar-refractivity contribution in [1.82, 2.24) is 19.5 Å². The number of aryl methyl sites for hydroxylation is 1. The van der Waals surface area contributed by atoms with Gasteiger partial charge >= 0.3 is 6.03 Å². The van der Waals surface area contributed by atoms with E-state index in [1.165, 1.54) is 5.56 Å². The quantitative estimate of drug-likeness (QED) is 0.543. The molecule has 0 aliphatic carbocycles. The Balaban J connectivity index is 1.33. The zero-order chi connectivity index (χ0) is 19.8. The van der Waals surface area contributed by atoms with Gasteiger partial charge in [0, 0.05) is 29.1 Å². The second-order valence-electron chi connectivity index (χ2n) is 7.12. The molecule has 0 bridgehead atoms. The summed E-state index contributed by atoms with van der Waals surface area (Å²) in [5.41, 5.74) is 4.27. The molecule has 1 N–H and O–H groups in total. The lowest BCUT2D eigenvalue weighted by atomic mass is 10.1. The Kier molecular flexibility index (Phi) is 4.52. The summed E-state index contributed by atoms with van der Waals surface area (Å²) < 4.78 is 1.95. The number of fused-ring (bicyclic) bond motifs is 3. The molecule has 0 atom stereocenters. The van der Waals surface area contributed by atoms with Crippen LogP contribution in [-0.2, 0) is 19.4 Å². The van der Waals surface area contributed by atoms with Crippen LogP contribution in [0.1, 0.15) is 23.1 Å². The molecule has 0 unspecified atom stereocenters. The van der Waals surface area contributed by atoms with Gasteiger partial charge in [-0.1, -0.05) is 60.7 Å². The Morgan fingerprint density at radius 2 is 1.93 bits per heavy atom. The molecule has 0 radical (unpaired) electrons. The number of nitrogens with one attached hydrogen (secondary N) is 1. The van der Waals surface area contributed by atoms with Gasteiger partial charge < -0.3 is 10.2 Å². The first-order valence-electron chi connectivity index (χ1n) is 9.79. The summed E-state index contributed by atoms with van der Waals surface area (Å²) in [5.74, 6) is 0.746. The standard InChI is InChI=1S/C22H21N5OS/c1-2-15-8-10-17(11-9-15)23-21(28)26-13-12-18-19(14-26)29-22-24-20(25-27(18)22)16-6-4-3-5-7-16/h3-11H,2,12-14H2,1H3,(H,23,28). The maximum atomic E-state index is 12.7. The number of nitrogens with zero attached hydrogens (tertiary/aromatic N) is 4. The fourth-order valence-corrected chi connectivity index (χ4v) is 4.71. The van der Waals surface area contributed by atoms with E-state index >= 15 is 0 Å². The van der Waals surface area contributed by atoms with Crippen molar-refractivity contribution in [2.45, 2.75) is 26.3 Å². The first-order valence-corrected chi connectivity index (χ1v) is 10.6. The number of amides is 2. The van der Waals surface area contributed by atoms with Gasteiger partial charge in [0.15, 0.2) is 5.82 Å². The molecule has 5 rings (SSSR count). The minimum Gasteiger partial charge on any atom is -0.319 e. The minimum atomic E-state index is -0.0659. The Labute approximate surface area is 172 Å². The van der Waals surface area contributed by atoms with Crippen LogP contribution in [-0.4, -0.2) is 32.1 Å². The molecule has 1 aliphatic heterocycles. The van der Waals surface area contributed by atoms with Crippen molar-refractivity contribution in [3.8, 4) is 11.4 Å². The number of thiazole rings is 1. The molecular formula is C22H21N5OS. The SMILES string of the molecule is CCc1ccc(NC(=O)N2CCc3c(sc4nc(-c5ccccc5)nn34)C2)cc1. The summed E-state index contributed by atoms with van der Waals surface area (Å²) >= 11 is 1.62. The van der Waals surface area contributed by atoms with E-state index < -0.39 is 0 Å². The van der Waals surface area contributed by atoms with Gasteiger partial charge in [0.05, 0.1) is 12.2 Å². The van der Waals surface area contributed by atoms with Crippen LogP contribution in [0.2, 0.25) is 0 Å². The average Bonchev–Trinajstić information content (AvgIpc) is 3.32. The third-order valence-corrected chi connectivity index (χ3v) is 6.31. The van der Waals surface area contributed by atoms with Gasteiger partial charge in [-0.15, -0.1) is 5.10 Å². The maximum Gasteiger partial charge on any atom is 0.322 e. The number of urea groups is 1. The number of carbonyl (C=O) groups is 1. The van der Waals surface area contributed by atoms with E-state index in [1.807, 2.05) is 64.0 Å². The van der Waals surface area contributed by atoms with E-state index in [1.54, 1.807) is 11.3 Å². The lowest BCUT2D eigenvalue weighted by Gasteiger charge is -2.26. The Morgan fingerprint density at radius 1 is 1.14 bits per heavy atom. The van der Waals surface area contributed by atoms with Crippen LogP contribution in [0.5, 0.6) is 0 Å². The van der Waals surface area contributed by atoms with Crippen molar-refractivity contribution in [1.29, 1.82) is 0 Å². The van der Waals surface area contributed by atoms with Gasteiger partial charge in [-0.2, -0.15) is 4.98 Å². The molecule has 2 amide bonds. The molecule has 146 valence electrons. The molecule has 0 spiro atoms. The number of carbonyl (C=O) groups excluding carboxylic acids is 1. The van der Waals surface area contributed by atoms with E-state index in [-0.39, 0.29) is 6.03 Å². The second kappa shape index (κ2) is 7.33. The molecule has 2 aromatic heterocycles. The highest BCUT2D eigenvalue weighted by Crippen LogP contribution is 2.29. The van der Waals surface area contributed by atoms with Crippen LogP contribution in [0.25, 0.3) is 16.3 Å². The zero-order valence-corrected chi connectivity index (χ0v) is 16.9. The Morgan fingerprint density at radius 3 is 2.69 bits per heavy atom. The third kappa shape index (κ3) is 3.38. The maximum absolute atomic E-state index is 12.7. The van der Waals surface area contributed by atoms with Crippen LogP contribution in [0.3, 0.4) is 0 Å². The van der Waals surface area contributed by atoms with Crippen molar-refractivity contribution >= 4 is 28.0 Å². The highest BCUT2D eigenvalue weighted by atomic mass is 32.1. The van der Waals surface area contributed by atoms with Crippen LogP contribution < -0.4 is 5.32 Å². The fraction of sp³-hybridized carbons (Fsp3) is 0.227. The zero-order valence-electron chi connectivity index (χ0n) is 16.1. The minimum absolute atomic E-state index is 0.0659. The van der Waals surface area contributed by atoms with Crippen molar-refractivity contribution in [3.05, 3.63) is 70.7 Å². The number of hydrogen-bond donors (Lipinski definition) is 1. The van der Waals surface area contributed by atoms with E-state index in [2.05, 4.69) is 12.2 Å². The van der Waals surface area contributed by atoms with Crippen molar-refractivity contribution in [2.24, 2.45) is 0 Å². The highest BCUT2D eigenvalue weighted by molar-refractivity contribution is 7.17. The van der Waals surface area contributed by atoms with Gasteiger partial charge in [0.1, 0.15) is 0 Å². The van der Waals surface area contributed by atoms with Crippen LogP contribution in [0.15, 0.2) is 54.6 Å². The molecule has 1 aliphatic rings. The van der Waals surface area contributed by atoms with Crippen LogP contribution >= 0.6 is 11.3 Å². The van der Waals surface area contributed by atoms with Gasteiger partial charge in [0.25, 0.3) is 0 Å². The smallest absolute Gasteiger partial charge is 0.319 e. The number of anilines is 1. The topological polar surface area (TPSA) is 62.5 Å². The summed E-state index contributed by atoms with van der Waals surface area (Å²) in [6.07, 6.45) is 1.76. The molecule has 3 heterocycles. The predicted octanol–water partition coefficient (Wildman–Crippen LogP) is 4.61. The number of rotatable bonds is 3. The van der Waals surface area contributed by atoms with E-state index in [0.29, 0.717) is 13.1 Å². The van der Waals surface area contributed by atoms with Gasteiger partial charge in [-0.05, 0) is 24.1 Å². The monoisotopic (exact) mass is 403 g/mol. The number of benzene rings is 2.